The molecule has 0 bridgehead atoms. The molecule has 0 aliphatic rings. The fourth-order valence-corrected chi connectivity index (χ4v) is 0.824. The monoisotopic (exact) mass is 222 g/mol. The van der Waals surface area contributed by atoms with E-state index in [2.05, 4.69) is 0 Å². The maximum atomic E-state index is 13.4. The summed E-state index contributed by atoms with van der Waals surface area (Å²) in [4.78, 5) is 0. The van der Waals surface area contributed by atoms with Gasteiger partial charge < -0.3 is 0 Å². The number of rotatable bonds is 2. The van der Waals surface area contributed by atoms with Crippen molar-refractivity contribution in [1.29, 1.82) is 0 Å². The second-order valence-electron chi connectivity index (χ2n) is 3.98. The summed E-state index contributed by atoms with van der Waals surface area (Å²) in [6, 6.07) is 0. The predicted molar refractivity (Wildman–Crippen MR) is 40.3 cm³/mol. The standard InChI is InChI=1S/C8H12F6/c1-5(2,9)6(3,10)7(4,11)8(12,13)14/h1-4H3. The largest absolute Gasteiger partial charge is 0.425 e. The average molecular weight is 222 g/mol. The van der Waals surface area contributed by atoms with Gasteiger partial charge in [0.05, 0.1) is 0 Å². The van der Waals surface area contributed by atoms with Gasteiger partial charge in [0.2, 0.25) is 5.67 Å². The summed E-state index contributed by atoms with van der Waals surface area (Å²) in [6.07, 6.45) is -5.44. The van der Waals surface area contributed by atoms with Gasteiger partial charge in [0.1, 0.15) is 5.67 Å². The fraction of sp³-hybridized carbons (Fsp3) is 1.00. The minimum atomic E-state index is -5.44. The first kappa shape index (κ1) is 13.6. The molecule has 0 heterocycles. The highest BCUT2D eigenvalue weighted by Crippen LogP contribution is 2.49. The molecule has 0 saturated heterocycles. The highest BCUT2D eigenvalue weighted by Gasteiger charge is 2.69. The Labute approximate surface area is 78.3 Å². The Hall–Kier alpha value is -0.420. The second-order valence-corrected chi connectivity index (χ2v) is 3.98. The number of halogens is 6. The fourth-order valence-electron chi connectivity index (χ4n) is 0.824. The van der Waals surface area contributed by atoms with Crippen LogP contribution in [-0.2, 0) is 0 Å². The van der Waals surface area contributed by atoms with Crippen molar-refractivity contribution in [3.8, 4) is 0 Å². The van der Waals surface area contributed by atoms with E-state index in [1.807, 2.05) is 0 Å². The third-order valence-corrected chi connectivity index (χ3v) is 2.53. The van der Waals surface area contributed by atoms with Gasteiger partial charge >= 0.3 is 6.18 Å². The van der Waals surface area contributed by atoms with Gasteiger partial charge in [0.25, 0.3) is 0 Å². The molecule has 0 radical (unpaired) electrons. The zero-order valence-corrected chi connectivity index (χ0v) is 8.27. The minimum Gasteiger partial charge on any atom is -0.241 e. The van der Waals surface area contributed by atoms with Crippen molar-refractivity contribution in [2.24, 2.45) is 0 Å². The smallest absolute Gasteiger partial charge is 0.241 e. The van der Waals surface area contributed by atoms with E-state index in [4.69, 9.17) is 0 Å². The Morgan fingerprint density at radius 2 is 0.857 bits per heavy atom. The summed E-state index contributed by atoms with van der Waals surface area (Å²) >= 11 is 0. The molecule has 86 valence electrons. The first-order valence-corrected chi connectivity index (χ1v) is 3.88. The molecule has 0 N–H and O–H groups in total. The summed E-state index contributed by atoms with van der Waals surface area (Å²) in [5, 5.41) is 0. The van der Waals surface area contributed by atoms with Crippen LogP contribution in [0.3, 0.4) is 0 Å². The van der Waals surface area contributed by atoms with E-state index in [1.54, 1.807) is 0 Å². The van der Waals surface area contributed by atoms with Crippen LogP contribution in [0.5, 0.6) is 0 Å². The van der Waals surface area contributed by atoms with Crippen LogP contribution in [0.4, 0.5) is 26.3 Å². The van der Waals surface area contributed by atoms with Crippen molar-refractivity contribution in [2.75, 3.05) is 0 Å². The van der Waals surface area contributed by atoms with E-state index in [9.17, 15) is 26.3 Å². The molecule has 0 aromatic rings. The molecule has 0 aromatic carbocycles. The highest BCUT2D eigenvalue weighted by atomic mass is 19.4. The number of alkyl halides is 6. The molecule has 0 saturated carbocycles. The summed E-state index contributed by atoms with van der Waals surface area (Å²) in [6.45, 7) is 1.39. The van der Waals surface area contributed by atoms with E-state index in [0.717, 1.165) is 0 Å². The zero-order chi connectivity index (χ0) is 12.0. The summed E-state index contributed by atoms with van der Waals surface area (Å²) < 4.78 is 75.8. The lowest BCUT2D eigenvalue weighted by molar-refractivity contribution is -0.281. The molecular formula is C8H12F6. The number of hydrogen-bond donors (Lipinski definition) is 0. The predicted octanol–water partition coefficient (Wildman–Crippen LogP) is 3.75. The third kappa shape index (κ3) is 1.83. The van der Waals surface area contributed by atoms with Crippen LogP contribution in [0.15, 0.2) is 0 Å². The first-order valence-electron chi connectivity index (χ1n) is 3.88. The van der Waals surface area contributed by atoms with Gasteiger partial charge in [-0.05, 0) is 27.7 Å². The van der Waals surface area contributed by atoms with Crippen LogP contribution in [0, 0.1) is 0 Å². The maximum absolute atomic E-state index is 13.4. The Bertz CT molecular complexity index is 183. The van der Waals surface area contributed by atoms with Crippen LogP contribution in [0.2, 0.25) is 0 Å². The maximum Gasteiger partial charge on any atom is 0.425 e. The molecular weight excluding hydrogens is 210 g/mol. The van der Waals surface area contributed by atoms with Crippen LogP contribution >= 0.6 is 0 Å². The van der Waals surface area contributed by atoms with Crippen LogP contribution < -0.4 is 0 Å². The van der Waals surface area contributed by atoms with Crippen molar-refractivity contribution in [3.05, 3.63) is 0 Å². The molecule has 2 unspecified atom stereocenters. The lowest BCUT2D eigenvalue weighted by atomic mass is 9.78. The normalized spacial score (nSPS) is 22.7. The van der Waals surface area contributed by atoms with Crippen molar-refractivity contribution in [2.45, 2.75) is 50.9 Å². The molecule has 0 rings (SSSR count). The van der Waals surface area contributed by atoms with Gasteiger partial charge in [-0.15, -0.1) is 0 Å². The second kappa shape index (κ2) is 3.03. The Morgan fingerprint density at radius 3 is 0.929 bits per heavy atom. The summed E-state index contributed by atoms with van der Waals surface area (Å²) in [7, 11) is 0. The number of hydrogen-bond acceptors (Lipinski definition) is 0. The van der Waals surface area contributed by atoms with E-state index >= 15 is 0 Å². The molecule has 0 spiro atoms. The SMILES string of the molecule is CC(C)(F)C(C)(F)C(C)(F)C(F)(F)F. The van der Waals surface area contributed by atoms with Crippen LogP contribution in [0.1, 0.15) is 27.7 Å². The molecule has 0 aliphatic heterocycles. The van der Waals surface area contributed by atoms with E-state index in [-0.39, 0.29) is 13.8 Å². The van der Waals surface area contributed by atoms with Gasteiger partial charge in [0, 0.05) is 0 Å². The average Bonchev–Trinajstić information content (AvgIpc) is 1.81. The van der Waals surface area contributed by atoms with Gasteiger partial charge in [0.15, 0.2) is 5.67 Å². The van der Waals surface area contributed by atoms with Crippen molar-refractivity contribution in [3.63, 3.8) is 0 Å². The van der Waals surface area contributed by atoms with Gasteiger partial charge in [-0.25, -0.2) is 13.2 Å². The Morgan fingerprint density at radius 1 is 0.571 bits per heavy atom. The quantitative estimate of drug-likeness (QED) is 0.624. The van der Waals surface area contributed by atoms with Crippen LogP contribution in [0.25, 0.3) is 0 Å². The molecule has 0 aliphatic carbocycles. The van der Waals surface area contributed by atoms with Crippen molar-refractivity contribution >= 4 is 0 Å². The van der Waals surface area contributed by atoms with Gasteiger partial charge in [-0.1, -0.05) is 0 Å². The summed E-state index contributed by atoms with van der Waals surface area (Å²) in [5.41, 5.74) is -10.8. The topological polar surface area (TPSA) is 0 Å². The molecule has 0 amide bonds. The third-order valence-electron chi connectivity index (χ3n) is 2.53. The van der Waals surface area contributed by atoms with E-state index in [0.29, 0.717) is 13.8 Å². The van der Waals surface area contributed by atoms with Crippen molar-refractivity contribution in [1.82, 2.24) is 0 Å². The van der Waals surface area contributed by atoms with E-state index < -0.39 is 23.2 Å². The Kier molecular flexibility index (Phi) is 2.94. The first-order chi connectivity index (χ1) is 5.75. The lowest BCUT2D eigenvalue weighted by Crippen LogP contribution is -2.61. The Balaban J connectivity index is 5.30. The van der Waals surface area contributed by atoms with Crippen LogP contribution in [-0.4, -0.2) is 23.2 Å². The highest BCUT2D eigenvalue weighted by molar-refractivity contribution is 5.08. The van der Waals surface area contributed by atoms with Gasteiger partial charge in [-0.3, -0.25) is 0 Å². The molecule has 14 heavy (non-hydrogen) atoms. The minimum absolute atomic E-state index is 0.00562. The molecule has 6 heteroatoms. The molecule has 0 nitrogen and oxygen atoms in total. The molecule has 0 fully saturated rings. The lowest BCUT2D eigenvalue weighted by Gasteiger charge is -2.41. The van der Waals surface area contributed by atoms with E-state index in [1.165, 1.54) is 0 Å². The van der Waals surface area contributed by atoms with Gasteiger partial charge in [-0.2, -0.15) is 13.2 Å². The zero-order valence-electron chi connectivity index (χ0n) is 8.27. The summed E-state index contributed by atoms with van der Waals surface area (Å²) in [5.74, 6) is 0. The van der Waals surface area contributed by atoms with Crippen molar-refractivity contribution < 1.29 is 26.3 Å². The molecule has 0 aromatic heterocycles. The molecule has 2 atom stereocenters.